The van der Waals surface area contributed by atoms with Crippen LogP contribution in [-0.2, 0) is 6.61 Å². The van der Waals surface area contributed by atoms with Gasteiger partial charge in [-0.2, -0.15) is 0 Å². The summed E-state index contributed by atoms with van der Waals surface area (Å²) in [6, 6.07) is 19.0. The van der Waals surface area contributed by atoms with Crippen molar-refractivity contribution in [2.75, 3.05) is 6.61 Å². The number of ether oxygens (including phenoxy) is 3. The summed E-state index contributed by atoms with van der Waals surface area (Å²) < 4.78 is 17.4. The fourth-order valence-corrected chi connectivity index (χ4v) is 2.87. The van der Waals surface area contributed by atoms with Crippen LogP contribution < -0.4 is 14.2 Å². The zero-order chi connectivity index (χ0) is 17.8. The van der Waals surface area contributed by atoms with Gasteiger partial charge in [0, 0.05) is 11.8 Å². The summed E-state index contributed by atoms with van der Waals surface area (Å²) in [5.41, 5.74) is 1.75. The van der Waals surface area contributed by atoms with E-state index in [1.165, 1.54) is 0 Å². The van der Waals surface area contributed by atoms with Gasteiger partial charge in [-0.3, -0.25) is 4.98 Å². The first-order valence-electron chi connectivity index (χ1n) is 8.48. The first-order valence-corrected chi connectivity index (χ1v) is 8.48. The van der Waals surface area contributed by atoms with Gasteiger partial charge in [0.1, 0.15) is 36.6 Å². The van der Waals surface area contributed by atoms with Gasteiger partial charge in [0.15, 0.2) is 6.10 Å². The molecule has 5 nitrogen and oxygen atoms in total. The van der Waals surface area contributed by atoms with E-state index in [0.29, 0.717) is 29.4 Å². The Bertz CT molecular complexity index is 854. The smallest absolute Gasteiger partial charge is 0.163 e. The molecule has 0 aliphatic carbocycles. The molecule has 0 saturated carbocycles. The van der Waals surface area contributed by atoms with Crippen molar-refractivity contribution in [3.8, 4) is 17.2 Å². The van der Waals surface area contributed by atoms with Crippen molar-refractivity contribution in [3.05, 3.63) is 84.2 Å². The van der Waals surface area contributed by atoms with E-state index in [9.17, 15) is 5.11 Å². The highest BCUT2D eigenvalue weighted by molar-refractivity contribution is 5.43. The number of aromatic nitrogens is 1. The van der Waals surface area contributed by atoms with Crippen molar-refractivity contribution in [2.24, 2.45) is 0 Å². The van der Waals surface area contributed by atoms with E-state index in [-0.39, 0.29) is 6.61 Å². The maximum Gasteiger partial charge on any atom is 0.163 e. The molecule has 1 aliphatic heterocycles. The Balaban J connectivity index is 1.48. The Morgan fingerprint density at radius 2 is 1.92 bits per heavy atom. The molecule has 132 valence electrons. The first-order chi connectivity index (χ1) is 12.8. The van der Waals surface area contributed by atoms with Crippen LogP contribution in [0.3, 0.4) is 0 Å². The molecule has 5 heteroatoms. The molecular formula is C21H19NO4. The van der Waals surface area contributed by atoms with Crippen LogP contribution in [-0.4, -0.2) is 22.8 Å². The SMILES string of the molecule is O[C@@H]1c2cc(OCc3ccccc3)ccc2OC[C@H]1Oc1cccnc1. The number of benzene rings is 2. The first kappa shape index (κ1) is 16.4. The summed E-state index contributed by atoms with van der Waals surface area (Å²) in [5.74, 6) is 1.92. The van der Waals surface area contributed by atoms with E-state index >= 15 is 0 Å². The molecule has 0 radical (unpaired) electrons. The van der Waals surface area contributed by atoms with E-state index < -0.39 is 12.2 Å². The lowest BCUT2D eigenvalue weighted by Crippen LogP contribution is -2.35. The fraction of sp³-hybridized carbons (Fsp3) is 0.190. The van der Waals surface area contributed by atoms with Crippen LogP contribution in [0.5, 0.6) is 17.2 Å². The Hall–Kier alpha value is -3.05. The van der Waals surface area contributed by atoms with Crippen LogP contribution in [0.2, 0.25) is 0 Å². The fourth-order valence-electron chi connectivity index (χ4n) is 2.87. The zero-order valence-electron chi connectivity index (χ0n) is 14.1. The topological polar surface area (TPSA) is 60.8 Å². The van der Waals surface area contributed by atoms with Gasteiger partial charge in [0.2, 0.25) is 0 Å². The van der Waals surface area contributed by atoms with Gasteiger partial charge in [0.25, 0.3) is 0 Å². The number of hydrogen-bond acceptors (Lipinski definition) is 5. The summed E-state index contributed by atoms with van der Waals surface area (Å²) in [5, 5.41) is 10.7. The molecule has 1 aromatic heterocycles. The molecule has 2 aromatic carbocycles. The molecule has 0 bridgehead atoms. The summed E-state index contributed by atoms with van der Waals surface area (Å²) in [6.45, 7) is 0.736. The molecule has 3 aromatic rings. The van der Waals surface area contributed by atoms with Crippen molar-refractivity contribution < 1.29 is 19.3 Å². The molecule has 1 N–H and O–H groups in total. The maximum atomic E-state index is 10.7. The summed E-state index contributed by atoms with van der Waals surface area (Å²) >= 11 is 0. The quantitative estimate of drug-likeness (QED) is 0.763. The molecule has 0 fully saturated rings. The highest BCUT2D eigenvalue weighted by atomic mass is 16.5. The lowest BCUT2D eigenvalue weighted by Gasteiger charge is -2.30. The number of rotatable bonds is 5. The van der Waals surface area contributed by atoms with Crippen LogP contribution in [0, 0.1) is 0 Å². The standard InChI is InChI=1S/C21H19NO4/c23-21-18-11-16(24-13-15-5-2-1-3-6-15)8-9-19(18)25-14-20(21)26-17-7-4-10-22-12-17/h1-12,20-21,23H,13-14H2/t20-,21-/m1/s1. The second-order valence-corrected chi connectivity index (χ2v) is 6.07. The number of aliphatic hydroxyl groups is 1. The normalized spacial score (nSPS) is 18.5. The number of aliphatic hydroxyl groups excluding tert-OH is 1. The molecule has 4 rings (SSSR count). The van der Waals surface area contributed by atoms with Gasteiger partial charge in [-0.15, -0.1) is 0 Å². The predicted octanol–water partition coefficient (Wildman–Crippen LogP) is 3.53. The average Bonchev–Trinajstić information content (AvgIpc) is 2.70. The molecule has 0 unspecified atom stereocenters. The van der Waals surface area contributed by atoms with E-state index in [4.69, 9.17) is 14.2 Å². The highest BCUT2D eigenvalue weighted by Crippen LogP contribution is 2.36. The third kappa shape index (κ3) is 3.63. The average molecular weight is 349 g/mol. The minimum Gasteiger partial charge on any atom is -0.489 e. The Labute approximate surface area is 151 Å². The number of hydrogen-bond donors (Lipinski definition) is 1. The lowest BCUT2D eigenvalue weighted by atomic mass is 10.0. The number of pyridine rings is 1. The molecule has 2 atom stereocenters. The van der Waals surface area contributed by atoms with Crippen molar-refractivity contribution in [3.63, 3.8) is 0 Å². The molecular weight excluding hydrogens is 330 g/mol. The third-order valence-corrected chi connectivity index (χ3v) is 4.23. The minimum atomic E-state index is -0.806. The van der Waals surface area contributed by atoms with Crippen LogP contribution >= 0.6 is 0 Å². The Kier molecular flexibility index (Phi) is 4.71. The largest absolute Gasteiger partial charge is 0.489 e. The van der Waals surface area contributed by atoms with Crippen LogP contribution in [0.4, 0.5) is 0 Å². The van der Waals surface area contributed by atoms with Gasteiger partial charge in [0.05, 0.1) is 6.20 Å². The third-order valence-electron chi connectivity index (χ3n) is 4.23. The molecule has 26 heavy (non-hydrogen) atoms. The second kappa shape index (κ2) is 7.45. The predicted molar refractivity (Wildman–Crippen MR) is 96.3 cm³/mol. The van der Waals surface area contributed by atoms with E-state index in [2.05, 4.69) is 4.98 Å². The molecule has 0 saturated heterocycles. The molecule has 0 amide bonds. The summed E-state index contributed by atoms with van der Waals surface area (Å²) in [6.07, 6.45) is 1.98. The van der Waals surface area contributed by atoms with Gasteiger partial charge < -0.3 is 19.3 Å². The van der Waals surface area contributed by atoms with Crippen molar-refractivity contribution in [2.45, 2.75) is 18.8 Å². The second-order valence-electron chi connectivity index (χ2n) is 6.07. The van der Waals surface area contributed by atoms with Gasteiger partial charge in [-0.25, -0.2) is 0 Å². The summed E-state index contributed by atoms with van der Waals surface area (Å²) in [4.78, 5) is 4.02. The number of nitrogens with zero attached hydrogens (tertiary/aromatic N) is 1. The van der Waals surface area contributed by atoms with E-state index in [0.717, 1.165) is 5.56 Å². The Morgan fingerprint density at radius 1 is 1.04 bits per heavy atom. The minimum absolute atomic E-state index is 0.271. The van der Waals surface area contributed by atoms with Crippen LogP contribution in [0.1, 0.15) is 17.2 Å². The molecule has 1 aliphatic rings. The summed E-state index contributed by atoms with van der Waals surface area (Å²) in [7, 11) is 0. The van der Waals surface area contributed by atoms with E-state index in [1.54, 1.807) is 24.5 Å². The molecule has 0 spiro atoms. The van der Waals surface area contributed by atoms with Gasteiger partial charge >= 0.3 is 0 Å². The highest BCUT2D eigenvalue weighted by Gasteiger charge is 2.31. The zero-order valence-corrected chi connectivity index (χ0v) is 14.1. The number of fused-ring (bicyclic) bond motifs is 1. The van der Waals surface area contributed by atoms with Crippen molar-refractivity contribution in [1.82, 2.24) is 4.98 Å². The van der Waals surface area contributed by atoms with Gasteiger partial charge in [-0.05, 0) is 35.9 Å². The van der Waals surface area contributed by atoms with Crippen molar-refractivity contribution >= 4 is 0 Å². The van der Waals surface area contributed by atoms with Crippen molar-refractivity contribution in [1.29, 1.82) is 0 Å². The van der Waals surface area contributed by atoms with Crippen LogP contribution in [0.15, 0.2) is 73.1 Å². The monoisotopic (exact) mass is 349 g/mol. The van der Waals surface area contributed by atoms with E-state index in [1.807, 2.05) is 48.5 Å². The lowest BCUT2D eigenvalue weighted by molar-refractivity contribution is -0.0106. The van der Waals surface area contributed by atoms with Crippen LogP contribution in [0.25, 0.3) is 0 Å². The van der Waals surface area contributed by atoms with Gasteiger partial charge in [-0.1, -0.05) is 30.3 Å². The molecule has 2 heterocycles. The Morgan fingerprint density at radius 3 is 2.73 bits per heavy atom. The maximum absolute atomic E-state index is 10.7.